The standard InChI is InChI=1S/C22H30N4O2/c1-16-21-18(15-20(27)23-22(21)25(2)24-16)17-9-4-5-10-19(17)28-14-8-13-26-11-6-3-7-12-26/h4-5,9-10,18H,3,6-8,11-15H2,1-2H3,(H,23,27). The van der Waals surface area contributed by atoms with Gasteiger partial charge >= 0.3 is 0 Å². The number of ether oxygens (including phenoxy) is 1. The Bertz CT molecular complexity index is 839. The second kappa shape index (κ2) is 8.35. The monoisotopic (exact) mass is 382 g/mol. The van der Waals surface area contributed by atoms with Crippen LogP contribution in [0.4, 0.5) is 5.82 Å². The fourth-order valence-corrected chi connectivity index (χ4v) is 4.53. The first-order chi connectivity index (χ1) is 13.6. The molecule has 1 saturated heterocycles. The summed E-state index contributed by atoms with van der Waals surface area (Å²) < 4.78 is 7.95. The minimum atomic E-state index is -0.0178. The van der Waals surface area contributed by atoms with Gasteiger partial charge in [-0.15, -0.1) is 0 Å². The summed E-state index contributed by atoms with van der Waals surface area (Å²) in [4.78, 5) is 14.9. The molecule has 2 aliphatic heterocycles. The highest BCUT2D eigenvalue weighted by Gasteiger charge is 2.33. The van der Waals surface area contributed by atoms with Gasteiger partial charge in [0, 0.05) is 37.1 Å². The van der Waals surface area contributed by atoms with Gasteiger partial charge < -0.3 is 15.0 Å². The minimum Gasteiger partial charge on any atom is -0.493 e. The van der Waals surface area contributed by atoms with Crippen molar-refractivity contribution in [3.63, 3.8) is 0 Å². The minimum absolute atomic E-state index is 0.0178. The van der Waals surface area contributed by atoms with Gasteiger partial charge in [0.15, 0.2) is 0 Å². The molecule has 1 aromatic heterocycles. The van der Waals surface area contributed by atoms with Crippen LogP contribution >= 0.6 is 0 Å². The van der Waals surface area contributed by atoms with Crippen molar-refractivity contribution in [3.05, 3.63) is 41.1 Å². The zero-order valence-electron chi connectivity index (χ0n) is 16.9. The van der Waals surface area contributed by atoms with E-state index in [0.717, 1.165) is 41.4 Å². The van der Waals surface area contributed by atoms with Crippen molar-refractivity contribution in [2.75, 3.05) is 31.6 Å². The molecule has 1 amide bonds. The van der Waals surface area contributed by atoms with E-state index >= 15 is 0 Å². The number of aromatic nitrogens is 2. The largest absolute Gasteiger partial charge is 0.493 e. The van der Waals surface area contributed by atoms with Crippen LogP contribution in [0.1, 0.15) is 54.8 Å². The molecule has 1 fully saturated rings. The third-order valence-corrected chi connectivity index (χ3v) is 5.88. The molecule has 4 rings (SSSR count). The first-order valence-electron chi connectivity index (χ1n) is 10.4. The number of para-hydroxylation sites is 1. The Morgan fingerprint density at radius 2 is 2.00 bits per heavy atom. The highest BCUT2D eigenvalue weighted by molar-refractivity contribution is 5.94. The molecule has 28 heavy (non-hydrogen) atoms. The third-order valence-electron chi connectivity index (χ3n) is 5.88. The summed E-state index contributed by atoms with van der Waals surface area (Å²) in [6, 6.07) is 8.13. The van der Waals surface area contributed by atoms with Crippen molar-refractivity contribution in [3.8, 4) is 5.75 Å². The van der Waals surface area contributed by atoms with Crippen LogP contribution in [0, 0.1) is 6.92 Å². The van der Waals surface area contributed by atoms with Crippen LogP contribution in [0.25, 0.3) is 0 Å². The molecule has 1 unspecified atom stereocenters. The third kappa shape index (κ3) is 3.92. The lowest BCUT2D eigenvalue weighted by molar-refractivity contribution is -0.116. The quantitative estimate of drug-likeness (QED) is 0.778. The second-order valence-corrected chi connectivity index (χ2v) is 7.92. The zero-order valence-corrected chi connectivity index (χ0v) is 16.9. The topological polar surface area (TPSA) is 59.4 Å². The Kier molecular flexibility index (Phi) is 5.67. The number of rotatable bonds is 6. The van der Waals surface area contributed by atoms with E-state index < -0.39 is 0 Å². The van der Waals surface area contributed by atoms with Crippen LogP contribution in [-0.4, -0.2) is 46.8 Å². The molecule has 2 aromatic rings. The van der Waals surface area contributed by atoms with E-state index in [1.54, 1.807) is 4.68 Å². The Morgan fingerprint density at radius 3 is 2.82 bits per heavy atom. The fraction of sp³-hybridized carbons (Fsp3) is 0.545. The maximum Gasteiger partial charge on any atom is 0.226 e. The average Bonchev–Trinajstić information content (AvgIpc) is 2.99. The number of likely N-dealkylation sites (tertiary alicyclic amines) is 1. The number of carbonyl (C=O) groups is 1. The molecule has 0 bridgehead atoms. The number of hydrogen-bond donors (Lipinski definition) is 1. The molecule has 0 spiro atoms. The van der Waals surface area contributed by atoms with Gasteiger partial charge in [0.1, 0.15) is 11.6 Å². The molecule has 1 N–H and O–H groups in total. The predicted octanol–water partition coefficient (Wildman–Crippen LogP) is 3.46. The SMILES string of the molecule is Cc1nn(C)c2c1C(c1ccccc1OCCCN1CCCCC1)CC(=O)N2. The number of nitrogens with one attached hydrogen (secondary N) is 1. The van der Waals surface area contributed by atoms with Gasteiger partial charge in [0.05, 0.1) is 12.3 Å². The van der Waals surface area contributed by atoms with Crippen molar-refractivity contribution in [1.82, 2.24) is 14.7 Å². The maximum absolute atomic E-state index is 12.3. The van der Waals surface area contributed by atoms with Crippen LogP contribution in [0.2, 0.25) is 0 Å². The summed E-state index contributed by atoms with van der Waals surface area (Å²) in [6.07, 6.45) is 5.45. The summed E-state index contributed by atoms with van der Waals surface area (Å²) in [5.74, 6) is 1.70. The molecule has 1 atom stereocenters. The number of aryl methyl sites for hydroxylation is 2. The van der Waals surface area contributed by atoms with E-state index in [-0.39, 0.29) is 11.8 Å². The number of amides is 1. The molecular weight excluding hydrogens is 352 g/mol. The molecule has 2 aliphatic rings. The summed E-state index contributed by atoms with van der Waals surface area (Å²) in [5, 5.41) is 7.49. The molecule has 0 saturated carbocycles. The average molecular weight is 383 g/mol. The Labute approximate surface area is 166 Å². The van der Waals surface area contributed by atoms with Gasteiger partial charge in [-0.05, 0) is 45.3 Å². The van der Waals surface area contributed by atoms with Gasteiger partial charge in [0.25, 0.3) is 0 Å². The van der Waals surface area contributed by atoms with Crippen molar-refractivity contribution in [1.29, 1.82) is 0 Å². The number of anilines is 1. The Hall–Kier alpha value is -2.34. The molecule has 6 heteroatoms. The lowest BCUT2D eigenvalue weighted by Gasteiger charge is -2.27. The highest BCUT2D eigenvalue weighted by atomic mass is 16.5. The van der Waals surface area contributed by atoms with Crippen molar-refractivity contribution >= 4 is 11.7 Å². The molecule has 6 nitrogen and oxygen atoms in total. The van der Waals surface area contributed by atoms with Crippen LogP contribution in [0.15, 0.2) is 24.3 Å². The number of hydrogen-bond acceptors (Lipinski definition) is 4. The summed E-state index contributed by atoms with van der Waals surface area (Å²) >= 11 is 0. The van der Waals surface area contributed by atoms with E-state index in [4.69, 9.17) is 4.74 Å². The van der Waals surface area contributed by atoms with E-state index in [1.165, 1.54) is 32.4 Å². The predicted molar refractivity (Wildman–Crippen MR) is 110 cm³/mol. The van der Waals surface area contributed by atoms with Crippen molar-refractivity contribution in [2.24, 2.45) is 7.05 Å². The molecule has 150 valence electrons. The summed E-state index contributed by atoms with van der Waals surface area (Å²) in [5.41, 5.74) is 3.14. The van der Waals surface area contributed by atoms with Gasteiger partial charge in [-0.3, -0.25) is 9.48 Å². The lowest BCUT2D eigenvalue weighted by Crippen LogP contribution is -2.31. The van der Waals surface area contributed by atoms with Crippen molar-refractivity contribution in [2.45, 2.75) is 44.9 Å². The number of nitrogens with zero attached hydrogens (tertiary/aromatic N) is 3. The molecule has 3 heterocycles. The smallest absolute Gasteiger partial charge is 0.226 e. The molecular formula is C22H30N4O2. The Morgan fingerprint density at radius 1 is 1.21 bits per heavy atom. The normalized spacial score (nSPS) is 19.9. The molecule has 0 radical (unpaired) electrons. The van der Waals surface area contributed by atoms with Gasteiger partial charge in [0.2, 0.25) is 5.91 Å². The summed E-state index contributed by atoms with van der Waals surface area (Å²) in [7, 11) is 1.87. The van der Waals surface area contributed by atoms with E-state index in [2.05, 4.69) is 21.4 Å². The fourth-order valence-electron chi connectivity index (χ4n) is 4.53. The van der Waals surface area contributed by atoms with Gasteiger partial charge in [-0.25, -0.2) is 0 Å². The Balaban J connectivity index is 1.48. The van der Waals surface area contributed by atoms with Gasteiger partial charge in [-0.1, -0.05) is 24.6 Å². The second-order valence-electron chi connectivity index (χ2n) is 7.92. The molecule has 0 aliphatic carbocycles. The first-order valence-corrected chi connectivity index (χ1v) is 10.4. The highest BCUT2D eigenvalue weighted by Crippen LogP contribution is 2.42. The number of carbonyl (C=O) groups excluding carboxylic acids is 1. The van der Waals surface area contributed by atoms with Crippen molar-refractivity contribution < 1.29 is 9.53 Å². The number of piperidine rings is 1. The van der Waals surface area contributed by atoms with Crippen LogP contribution in [0.5, 0.6) is 5.75 Å². The number of benzene rings is 1. The summed E-state index contributed by atoms with van der Waals surface area (Å²) in [6.45, 7) is 6.24. The van der Waals surface area contributed by atoms with E-state index in [1.807, 2.05) is 32.2 Å². The van der Waals surface area contributed by atoms with E-state index in [9.17, 15) is 4.79 Å². The number of fused-ring (bicyclic) bond motifs is 1. The lowest BCUT2D eigenvalue weighted by atomic mass is 9.85. The van der Waals surface area contributed by atoms with E-state index in [0.29, 0.717) is 13.0 Å². The molecule has 1 aromatic carbocycles. The zero-order chi connectivity index (χ0) is 19.5. The van der Waals surface area contributed by atoms with Crippen LogP contribution < -0.4 is 10.1 Å². The first kappa shape index (κ1) is 19.0. The van der Waals surface area contributed by atoms with Gasteiger partial charge in [-0.2, -0.15) is 5.10 Å². The van der Waals surface area contributed by atoms with Crippen LogP contribution in [0.3, 0.4) is 0 Å². The maximum atomic E-state index is 12.3. The van der Waals surface area contributed by atoms with Crippen LogP contribution in [-0.2, 0) is 11.8 Å².